The second-order valence-electron chi connectivity index (χ2n) is 8.14. The van der Waals surface area contributed by atoms with Crippen LogP contribution < -0.4 is 16.0 Å². The van der Waals surface area contributed by atoms with Gasteiger partial charge in [0.15, 0.2) is 0 Å². The lowest BCUT2D eigenvalue weighted by atomic mass is 10.1. The molecule has 3 aromatic carbocycles. The Kier molecular flexibility index (Phi) is 9.40. The predicted octanol–water partition coefficient (Wildman–Crippen LogP) is 6.49. The van der Waals surface area contributed by atoms with Gasteiger partial charge >= 0.3 is 0 Å². The van der Waals surface area contributed by atoms with Crippen molar-refractivity contribution < 1.29 is 14.4 Å². The van der Waals surface area contributed by atoms with Crippen molar-refractivity contribution in [3.63, 3.8) is 0 Å². The molecule has 6 heteroatoms. The molecule has 0 atom stereocenters. The molecule has 0 aliphatic carbocycles. The second-order valence-corrected chi connectivity index (χ2v) is 8.14. The van der Waals surface area contributed by atoms with Crippen LogP contribution in [0.3, 0.4) is 0 Å². The second kappa shape index (κ2) is 12.9. The Morgan fingerprint density at radius 2 is 1.18 bits per heavy atom. The molecule has 0 aromatic heterocycles. The van der Waals surface area contributed by atoms with Gasteiger partial charge in [0.05, 0.1) is 0 Å². The van der Waals surface area contributed by atoms with Crippen molar-refractivity contribution >= 4 is 34.8 Å². The summed E-state index contributed by atoms with van der Waals surface area (Å²) in [5.74, 6) is -0.508. The van der Waals surface area contributed by atoms with Crippen LogP contribution in [-0.2, 0) is 4.79 Å². The molecule has 176 valence electrons. The van der Waals surface area contributed by atoms with Crippen LogP contribution in [-0.4, -0.2) is 17.7 Å². The molecule has 0 heterocycles. The van der Waals surface area contributed by atoms with E-state index in [1.54, 1.807) is 72.8 Å². The highest BCUT2D eigenvalue weighted by molar-refractivity contribution is 6.06. The zero-order chi connectivity index (χ0) is 24.2. The minimum atomic E-state index is -0.277. The summed E-state index contributed by atoms with van der Waals surface area (Å²) >= 11 is 0. The Labute approximate surface area is 200 Å². The zero-order valence-electron chi connectivity index (χ0n) is 19.5. The molecule has 0 unspecified atom stereocenters. The number of hydrogen-bond donors (Lipinski definition) is 3. The Balaban J connectivity index is 1.51. The molecular formula is C28H31N3O3. The molecule has 0 aliphatic rings. The first kappa shape index (κ1) is 24.7. The van der Waals surface area contributed by atoms with Crippen molar-refractivity contribution in [3.8, 4) is 0 Å². The van der Waals surface area contributed by atoms with Gasteiger partial charge in [-0.2, -0.15) is 0 Å². The van der Waals surface area contributed by atoms with Gasteiger partial charge in [-0.3, -0.25) is 14.4 Å². The van der Waals surface area contributed by atoms with E-state index in [1.807, 2.05) is 6.07 Å². The van der Waals surface area contributed by atoms with E-state index in [1.165, 1.54) is 12.8 Å². The van der Waals surface area contributed by atoms with E-state index in [2.05, 4.69) is 22.9 Å². The maximum atomic E-state index is 12.6. The van der Waals surface area contributed by atoms with Crippen LogP contribution in [0.2, 0.25) is 0 Å². The van der Waals surface area contributed by atoms with Gasteiger partial charge in [-0.25, -0.2) is 0 Å². The average Bonchev–Trinajstić information content (AvgIpc) is 2.85. The molecule has 0 saturated heterocycles. The number of carbonyl (C=O) groups is 3. The van der Waals surface area contributed by atoms with Crippen molar-refractivity contribution in [3.05, 3.63) is 90.0 Å². The largest absolute Gasteiger partial charge is 0.326 e. The minimum absolute atomic E-state index is 0.0111. The molecule has 0 saturated carbocycles. The highest BCUT2D eigenvalue weighted by Crippen LogP contribution is 2.18. The summed E-state index contributed by atoms with van der Waals surface area (Å²) in [6, 6.07) is 22.7. The molecule has 3 amide bonds. The van der Waals surface area contributed by atoms with Gasteiger partial charge in [-0.15, -0.1) is 0 Å². The van der Waals surface area contributed by atoms with Gasteiger partial charge in [0.1, 0.15) is 0 Å². The summed E-state index contributed by atoms with van der Waals surface area (Å²) in [7, 11) is 0. The van der Waals surface area contributed by atoms with Gasteiger partial charge in [0, 0.05) is 34.6 Å². The summed E-state index contributed by atoms with van der Waals surface area (Å²) < 4.78 is 0. The molecule has 0 radical (unpaired) electrons. The first-order valence-electron chi connectivity index (χ1n) is 11.7. The van der Waals surface area contributed by atoms with Crippen LogP contribution in [0.25, 0.3) is 0 Å². The van der Waals surface area contributed by atoms with E-state index in [0.29, 0.717) is 34.6 Å². The Morgan fingerprint density at radius 3 is 1.79 bits per heavy atom. The number of anilines is 3. The maximum absolute atomic E-state index is 12.6. The van der Waals surface area contributed by atoms with Crippen molar-refractivity contribution in [2.45, 2.75) is 45.4 Å². The topological polar surface area (TPSA) is 87.3 Å². The Morgan fingerprint density at radius 1 is 0.588 bits per heavy atom. The highest BCUT2D eigenvalue weighted by atomic mass is 16.2. The number of hydrogen-bond acceptors (Lipinski definition) is 3. The molecule has 3 N–H and O–H groups in total. The first-order valence-corrected chi connectivity index (χ1v) is 11.7. The lowest BCUT2D eigenvalue weighted by Gasteiger charge is -2.10. The molecule has 3 aromatic rings. The number of benzene rings is 3. The van der Waals surface area contributed by atoms with Gasteiger partial charge in [-0.05, 0) is 61.0 Å². The third-order valence-electron chi connectivity index (χ3n) is 5.35. The van der Waals surface area contributed by atoms with E-state index in [4.69, 9.17) is 0 Å². The van der Waals surface area contributed by atoms with Gasteiger partial charge < -0.3 is 16.0 Å². The van der Waals surface area contributed by atoms with E-state index in [9.17, 15) is 14.4 Å². The molecule has 0 fully saturated rings. The van der Waals surface area contributed by atoms with Crippen LogP contribution in [0.1, 0.15) is 66.2 Å². The molecule has 0 bridgehead atoms. The van der Waals surface area contributed by atoms with Gasteiger partial charge in [0.2, 0.25) is 5.91 Å². The lowest BCUT2D eigenvalue weighted by molar-refractivity contribution is -0.116. The minimum Gasteiger partial charge on any atom is -0.326 e. The smallest absolute Gasteiger partial charge is 0.255 e. The van der Waals surface area contributed by atoms with E-state index in [0.717, 1.165) is 19.3 Å². The fourth-order valence-electron chi connectivity index (χ4n) is 3.49. The molecule has 34 heavy (non-hydrogen) atoms. The van der Waals surface area contributed by atoms with Crippen LogP contribution in [0.4, 0.5) is 17.1 Å². The number of rotatable bonds is 11. The summed E-state index contributed by atoms with van der Waals surface area (Å²) in [5.41, 5.74) is 2.84. The summed E-state index contributed by atoms with van der Waals surface area (Å²) in [5, 5.41) is 8.55. The van der Waals surface area contributed by atoms with Crippen molar-refractivity contribution in [2.75, 3.05) is 16.0 Å². The maximum Gasteiger partial charge on any atom is 0.255 e. The van der Waals surface area contributed by atoms with Gasteiger partial charge in [0.25, 0.3) is 11.8 Å². The standard InChI is InChI=1S/C28H31N3O3/c1-2-3-4-5-9-15-26(32)29-23-18-16-22(17-19-23)28(34)31-25-14-10-13-24(20-25)30-27(33)21-11-7-6-8-12-21/h6-8,10-14,16-20H,2-5,9,15H2,1H3,(H,29,32)(H,30,33)(H,31,34). The quantitative estimate of drug-likeness (QED) is 0.288. The summed E-state index contributed by atoms with van der Waals surface area (Å²) in [4.78, 5) is 37.1. The molecule has 6 nitrogen and oxygen atoms in total. The number of unbranched alkanes of at least 4 members (excludes halogenated alkanes) is 4. The van der Waals surface area contributed by atoms with Crippen molar-refractivity contribution in [1.29, 1.82) is 0 Å². The normalized spacial score (nSPS) is 10.4. The highest BCUT2D eigenvalue weighted by Gasteiger charge is 2.09. The molecule has 3 rings (SSSR count). The van der Waals surface area contributed by atoms with E-state index in [-0.39, 0.29) is 17.7 Å². The third-order valence-corrected chi connectivity index (χ3v) is 5.35. The Hall–Kier alpha value is -3.93. The fraction of sp³-hybridized carbons (Fsp3) is 0.250. The summed E-state index contributed by atoms with van der Waals surface area (Å²) in [6.07, 6.45) is 6.01. The van der Waals surface area contributed by atoms with Crippen LogP contribution >= 0.6 is 0 Å². The molecule has 0 spiro atoms. The molecule has 0 aliphatic heterocycles. The van der Waals surface area contributed by atoms with Crippen LogP contribution in [0.15, 0.2) is 78.9 Å². The van der Waals surface area contributed by atoms with E-state index >= 15 is 0 Å². The van der Waals surface area contributed by atoms with Crippen LogP contribution in [0.5, 0.6) is 0 Å². The average molecular weight is 458 g/mol. The fourth-order valence-corrected chi connectivity index (χ4v) is 3.49. The number of nitrogens with one attached hydrogen (secondary N) is 3. The SMILES string of the molecule is CCCCCCCC(=O)Nc1ccc(C(=O)Nc2cccc(NC(=O)c3ccccc3)c2)cc1. The first-order chi connectivity index (χ1) is 16.5. The molecular weight excluding hydrogens is 426 g/mol. The van der Waals surface area contributed by atoms with Crippen molar-refractivity contribution in [2.24, 2.45) is 0 Å². The zero-order valence-corrected chi connectivity index (χ0v) is 19.5. The number of amides is 3. The third kappa shape index (κ3) is 7.89. The lowest BCUT2D eigenvalue weighted by Crippen LogP contribution is -2.14. The van der Waals surface area contributed by atoms with Crippen molar-refractivity contribution in [1.82, 2.24) is 0 Å². The monoisotopic (exact) mass is 457 g/mol. The summed E-state index contributed by atoms with van der Waals surface area (Å²) in [6.45, 7) is 2.17. The Bertz CT molecular complexity index is 1100. The van der Waals surface area contributed by atoms with E-state index < -0.39 is 0 Å². The predicted molar refractivity (Wildman–Crippen MR) is 137 cm³/mol. The van der Waals surface area contributed by atoms with Crippen LogP contribution in [0, 0.1) is 0 Å². The van der Waals surface area contributed by atoms with Gasteiger partial charge in [-0.1, -0.05) is 56.9 Å². The number of carbonyl (C=O) groups excluding carboxylic acids is 3.